The Morgan fingerprint density at radius 1 is 1.02 bits per heavy atom. The molecule has 216 valence electrons. The molecular formula is C32H32FN5O2S2. The number of pyridine rings is 1. The van der Waals surface area contributed by atoms with Crippen molar-refractivity contribution in [3.63, 3.8) is 0 Å². The topological polar surface area (TPSA) is 72.6 Å². The van der Waals surface area contributed by atoms with Gasteiger partial charge in [0.1, 0.15) is 27.6 Å². The number of carbonyl (C=O) groups excluding carboxylic acids is 1. The molecule has 0 radical (unpaired) electrons. The van der Waals surface area contributed by atoms with Gasteiger partial charge in [-0.25, -0.2) is 4.39 Å². The smallest absolute Gasteiger partial charge is 0.270 e. The van der Waals surface area contributed by atoms with Crippen LogP contribution in [0.2, 0.25) is 0 Å². The number of carbonyl (C=O) groups is 1. The molecule has 0 aliphatic carbocycles. The minimum absolute atomic E-state index is 0.0887. The fourth-order valence-corrected chi connectivity index (χ4v) is 6.60. The second-order valence-electron chi connectivity index (χ2n) is 10.4. The Morgan fingerprint density at radius 3 is 2.33 bits per heavy atom. The number of para-hydroxylation sites is 1. The van der Waals surface area contributed by atoms with Crippen LogP contribution in [0.3, 0.4) is 0 Å². The molecule has 2 aromatic carbocycles. The molecular weight excluding hydrogens is 570 g/mol. The molecule has 0 N–H and O–H groups in total. The second kappa shape index (κ2) is 12.9. The summed E-state index contributed by atoms with van der Waals surface area (Å²) in [5.41, 5.74) is 2.96. The third kappa shape index (κ3) is 5.98. The molecule has 7 nitrogen and oxygen atoms in total. The Labute approximate surface area is 254 Å². The van der Waals surface area contributed by atoms with E-state index in [0.717, 1.165) is 43.0 Å². The molecule has 1 amide bonds. The van der Waals surface area contributed by atoms with Gasteiger partial charge in [-0.3, -0.25) is 19.1 Å². The van der Waals surface area contributed by atoms with Gasteiger partial charge in [0.15, 0.2) is 0 Å². The van der Waals surface area contributed by atoms with E-state index in [9.17, 15) is 19.2 Å². The number of thioether (sulfide) groups is 1. The zero-order chi connectivity index (χ0) is 29.8. The van der Waals surface area contributed by atoms with Crippen molar-refractivity contribution in [2.45, 2.75) is 39.8 Å². The minimum atomic E-state index is -0.344. The number of nitrogens with zero attached hydrogens (tertiary/aromatic N) is 5. The van der Waals surface area contributed by atoms with Gasteiger partial charge in [-0.05, 0) is 54.8 Å². The van der Waals surface area contributed by atoms with E-state index in [0.29, 0.717) is 40.0 Å². The van der Waals surface area contributed by atoms with Crippen molar-refractivity contribution in [3.05, 3.63) is 97.9 Å². The van der Waals surface area contributed by atoms with E-state index in [1.165, 1.54) is 28.8 Å². The van der Waals surface area contributed by atoms with Crippen molar-refractivity contribution < 1.29 is 9.18 Å². The number of nitriles is 1. The Kier molecular flexibility index (Phi) is 9.09. The lowest BCUT2D eigenvalue weighted by atomic mass is 10.0. The average Bonchev–Trinajstić information content (AvgIpc) is 3.27. The van der Waals surface area contributed by atoms with Crippen molar-refractivity contribution >= 4 is 51.8 Å². The van der Waals surface area contributed by atoms with Crippen LogP contribution < -0.4 is 15.4 Å². The zero-order valence-electron chi connectivity index (χ0n) is 23.7. The maximum Gasteiger partial charge on any atom is 0.270 e. The van der Waals surface area contributed by atoms with E-state index in [1.54, 1.807) is 29.7 Å². The highest BCUT2D eigenvalue weighted by Crippen LogP contribution is 2.37. The van der Waals surface area contributed by atoms with Crippen LogP contribution in [0.5, 0.6) is 0 Å². The number of amides is 1. The summed E-state index contributed by atoms with van der Waals surface area (Å²) in [6.07, 6.45) is 3.46. The summed E-state index contributed by atoms with van der Waals surface area (Å²) in [4.78, 5) is 33.7. The number of benzene rings is 2. The maximum absolute atomic E-state index is 13.6. The molecule has 2 aliphatic rings. The minimum Gasteiger partial charge on any atom is -0.368 e. The highest BCUT2D eigenvalue weighted by atomic mass is 32.2. The first-order valence-electron chi connectivity index (χ1n) is 14.0. The summed E-state index contributed by atoms with van der Waals surface area (Å²) in [7, 11) is 0. The molecule has 2 aliphatic heterocycles. The number of hydrogen-bond acceptors (Lipinski definition) is 7. The van der Waals surface area contributed by atoms with E-state index in [2.05, 4.69) is 34.9 Å². The standard InChI is InChI=1S/C32H32FN5O2S2/c1-3-4-14-37-29(36-17-15-35(16-18-36)25-8-6-5-7-9-25)26(22(2)27(20-34)30(37)39)19-28-31(40)38(32(41)42-28)21-23-10-12-24(33)13-11-23/h5-13,19H,3-4,14-18,21H2,1-2H3/b28-19+. The lowest BCUT2D eigenvalue weighted by molar-refractivity contribution is -0.122. The molecule has 0 bridgehead atoms. The summed E-state index contributed by atoms with van der Waals surface area (Å²) in [6, 6.07) is 18.4. The summed E-state index contributed by atoms with van der Waals surface area (Å²) in [5.74, 6) is 0.142. The molecule has 0 spiro atoms. The highest BCUT2D eigenvalue weighted by molar-refractivity contribution is 8.26. The number of anilines is 2. The molecule has 0 unspecified atom stereocenters. The van der Waals surface area contributed by atoms with E-state index in [-0.39, 0.29) is 29.4 Å². The van der Waals surface area contributed by atoms with Crippen LogP contribution in [0.25, 0.3) is 6.08 Å². The highest BCUT2D eigenvalue weighted by Gasteiger charge is 2.34. The van der Waals surface area contributed by atoms with Crippen molar-refractivity contribution in [3.8, 4) is 6.07 Å². The Balaban J connectivity index is 1.54. The second-order valence-corrected chi connectivity index (χ2v) is 12.0. The van der Waals surface area contributed by atoms with Crippen LogP contribution in [0.15, 0.2) is 64.3 Å². The molecule has 42 heavy (non-hydrogen) atoms. The number of piperazine rings is 1. The Morgan fingerprint density at radius 2 is 1.69 bits per heavy atom. The van der Waals surface area contributed by atoms with Gasteiger partial charge in [-0.2, -0.15) is 5.26 Å². The number of aromatic nitrogens is 1. The molecule has 10 heteroatoms. The van der Waals surface area contributed by atoms with E-state index in [4.69, 9.17) is 12.2 Å². The number of unbranched alkanes of at least 4 members (excludes halogenated alkanes) is 1. The SMILES string of the molecule is CCCCn1c(N2CCN(c3ccccc3)CC2)c(/C=C2/SC(=S)N(Cc3ccc(F)cc3)C2=O)c(C)c(C#N)c1=O. The Bertz CT molecular complexity index is 1620. The van der Waals surface area contributed by atoms with Crippen LogP contribution in [0, 0.1) is 24.1 Å². The van der Waals surface area contributed by atoms with Crippen LogP contribution in [-0.2, 0) is 17.9 Å². The normalized spacial score (nSPS) is 16.4. The third-order valence-corrected chi connectivity index (χ3v) is 9.06. The van der Waals surface area contributed by atoms with Crippen LogP contribution in [-0.4, -0.2) is 45.9 Å². The number of rotatable bonds is 8. The van der Waals surface area contributed by atoms with Gasteiger partial charge >= 0.3 is 0 Å². The molecule has 0 saturated carbocycles. The Hall–Kier alpha value is -3.94. The first-order valence-corrected chi connectivity index (χ1v) is 15.3. The predicted octanol–water partition coefficient (Wildman–Crippen LogP) is 5.70. The maximum atomic E-state index is 13.6. The fraction of sp³-hybridized carbons (Fsp3) is 0.312. The van der Waals surface area contributed by atoms with E-state index >= 15 is 0 Å². The van der Waals surface area contributed by atoms with Gasteiger partial charge < -0.3 is 9.80 Å². The van der Waals surface area contributed by atoms with Gasteiger partial charge in [-0.15, -0.1) is 0 Å². The number of hydrogen-bond donors (Lipinski definition) is 0. The molecule has 3 heterocycles. The molecule has 2 fully saturated rings. The van der Waals surface area contributed by atoms with Crippen LogP contribution >= 0.6 is 24.0 Å². The lowest BCUT2D eigenvalue weighted by Crippen LogP contribution is -2.48. The van der Waals surface area contributed by atoms with Crippen molar-refractivity contribution in [2.75, 3.05) is 36.0 Å². The summed E-state index contributed by atoms with van der Waals surface area (Å²) in [6.45, 7) is 7.44. The summed E-state index contributed by atoms with van der Waals surface area (Å²) >= 11 is 6.77. The predicted molar refractivity (Wildman–Crippen MR) is 171 cm³/mol. The first kappa shape index (κ1) is 29.5. The lowest BCUT2D eigenvalue weighted by Gasteiger charge is -2.39. The number of thiocarbonyl (C=S) groups is 1. The van der Waals surface area contributed by atoms with Crippen molar-refractivity contribution in [2.24, 2.45) is 0 Å². The van der Waals surface area contributed by atoms with Crippen LogP contribution in [0.1, 0.15) is 42.0 Å². The van der Waals surface area contributed by atoms with Crippen molar-refractivity contribution in [1.29, 1.82) is 5.26 Å². The van der Waals surface area contributed by atoms with Gasteiger partial charge in [-0.1, -0.05) is 67.7 Å². The monoisotopic (exact) mass is 601 g/mol. The largest absolute Gasteiger partial charge is 0.368 e. The molecule has 2 saturated heterocycles. The van der Waals surface area contributed by atoms with Gasteiger partial charge in [0.25, 0.3) is 11.5 Å². The summed E-state index contributed by atoms with van der Waals surface area (Å²) in [5, 5.41) is 9.98. The average molecular weight is 602 g/mol. The molecule has 0 atom stereocenters. The quantitative estimate of drug-likeness (QED) is 0.243. The van der Waals surface area contributed by atoms with Crippen molar-refractivity contribution in [1.82, 2.24) is 9.47 Å². The third-order valence-electron chi connectivity index (χ3n) is 7.69. The van der Waals surface area contributed by atoms with Gasteiger partial charge in [0.05, 0.1) is 11.4 Å². The van der Waals surface area contributed by atoms with E-state index in [1.807, 2.05) is 18.2 Å². The van der Waals surface area contributed by atoms with Gasteiger partial charge in [0.2, 0.25) is 0 Å². The van der Waals surface area contributed by atoms with Crippen LogP contribution in [0.4, 0.5) is 15.9 Å². The molecule has 3 aromatic rings. The fourth-order valence-electron chi connectivity index (χ4n) is 5.36. The summed E-state index contributed by atoms with van der Waals surface area (Å²) < 4.78 is 15.6. The number of halogens is 1. The molecule has 1 aromatic heterocycles. The van der Waals surface area contributed by atoms with Gasteiger partial charge in [0, 0.05) is 44.0 Å². The van der Waals surface area contributed by atoms with E-state index < -0.39 is 0 Å². The molecule has 5 rings (SSSR count). The first-order chi connectivity index (χ1) is 20.3. The zero-order valence-corrected chi connectivity index (χ0v) is 25.3.